The minimum Gasteiger partial charge on any atom is -0.432 e. The quantitative estimate of drug-likeness (QED) is 0.811. The van der Waals surface area contributed by atoms with Crippen LogP contribution in [0.3, 0.4) is 0 Å². The summed E-state index contributed by atoms with van der Waals surface area (Å²) in [4.78, 5) is 6.61. The first-order valence-corrected chi connectivity index (χ1v) is 6.75. The molecule has 0 aliphatic heterocycles. The zero-order valence-electron chi connectivity index (χ0n) is 12.6. The number of nitrogens with zero attached hydrogens (tertiary/aromatic N) is 2. The highest BCUT2D eigenvalue weighted by molar-refractivity contribution is 5.30. The number of hydrogen-bond acceptors (Lipinski definition) is 4. The van der Waals surface area contributed by atoms with Crippen LogP contribution in [-0.4, -0.2) is 24.1 Å². The molecule has 0 amide bonds. The highest BCUT2D eigenvalue weighted by Crippen LogP contribution is 2.23. The first-order valence-electron chi connectivity index (χ1n) is 6.75. The van der Waals surface area contributed by atoms with E-state index < -0.39 is 0 Å². The molecular formula is C14H27N3O. The van der Waals surface area contributed by atoms with Crippen LogP contribution in [0.2, 0.25) is 0 Å². The fourth-order valence-corrected chi connectivity index (χ4v) is 1.52. The molecule has 0 fully saturated rings. The molecule has 4 heteroatoms. The third kappa shape index (κ3) is 4.02. The normalized spacial score (nSPS) is 12.2. The maximum absolute atomic E-state index is 5.55. The van der Waals surface area contributed by atoms with Crippen LogP contribution >= 0.6 is 0 Å². The lowest BCUT2D eigenvalue weighted by Gasteiger charge is -2.33. The van der Waals surface area contributed by atoms with Gasteiger partial charge in [-0.2, -0.15) is 4.98 Å². The van der Waals surface area contributed by atoms with Crippen LogP contribution in [0.25, 0.3) is 0 Å². The third-order valence-electron chi connectivity index (χ3n) is 3.46. The largest absolute Gasteiger partial charge is 0.432 e. The van der Waals surface area contributed by atoms with Crippen LogP contribution in [0.15, 0.2) is 10.7 Å². The third-order valence-corrected chi connectivity index (χ3v) is 3.46. The maximum Gasteiger partial charge on any atom is 0.297 e. The van der Waals surface area contributed by atoms with E-state index in [0.29, 0.717) is 11.9 Å². The fraction of sp³-hybridized carbons (Fsp3) is 0.786. The molecule has 0 unspecified atom stereocenters. The monoisotopic (exact) mass is 253 g/mol. The molecule has 0 aromatic carbocycles. The second-order valence-electron chi connectivity index (χ2n) is 5.87. The summed E-state index contributed by atoms with van der Waals surface area (Å²) in [6.45, 7) is 12.7. The summed E-state index contributed by atoms with van der Waals surface area (Å²) in [6, 6.07) is 0.697. The standard InChI is InChI=1S/C14H27N3O/c1-7-14(4,5)17(6)13-16-12(10-18-13)9-15-8-11(2)3/h10-11,15H,7-9H2,1-6H3. The van der Waals surface area contributed by atoms with Gasteiger partial charge in [0.1, 0.15) is 6.26 Å². The van der Waals surface area contributed by atoms with E-state index in [0.717, 1.165) is 25.2 Å². The molecule has 0 radical (unpaired) electrons. The van der Waals surface area contributed by atoms with E-state index in [1.54, 1.807) is 6.26 Å². The van der Waals surface area contributed by atoms with Crippen molar-refractivity contribution in [2.45, 2.75) is 53.1 Å². The molecule has 0 aliphatic carbocycles. The van der Waals surface area contributed by atoms with Gasteiger partial charge in [-0.1, -0.05) is 20.8 Å². The molecule has 0 saturated carbocycles. The zero-order valence-corrected chi connectivity index (χ0v) is 12.6. The van der Waals surface area contributed by atoms with E-state index in [9.17, 15) is 0 Å². The van der Waals surface area contributed by atoms with Crippen molar-refractivity contribution in [3.05, 3.63) is 12.0 Å². The van der Waals surface area contributed by atoms with Crippen LogP contribution in [0, 0.1) is 5.92 Å². The summed E-state index contributed by atoms with van der Waals surface area (Å²) in [6.07, 6.45) is 2.79. The van der Waals surface area contributed by atoms with Crippen LogP contribution in [0.1, 0.15) is 46.7 Å². The number of anilines is 1. The van der Waals surface area contributed by atoms with Crippen molar-refractivity contribution in [3.63, 3.8) is 0 Å². The Bertz CT molecular complexity index is 358. The lowest BCUT2D eigenvalue weighted by Crippen LogP contribution is -2.40. The van der Waals surface area contributed by atoms with Gasteiger partial charge in [-0.3, -0.25) is 0 Å². The number of oxazole rings is 1. The van der Waals surface area contributed by atoms with E-state index in [-0.39, 0.29) is 5.54 Å². The predicted octanol–water partition coefficient (Wildman–Crippen LogP) is 3.05. The lowest BCUT2D eigenvalue weighted by molar-refractivity contribution is 0.424. The molecule has 0 spiro atoms. The second kappa shape index (κ2) is 6.23. The molecule has 1 heterocycles. The molecule has 1 N–H and O–H groups in total. The first-order chi connectivity index (χ1) is 8.36. The van der Waals surface area contributed by atoms with Gasteiger partial charge >= 0.3 is 0 Å². The minimum atomic E-state index is 0.0630. The zero-order chi connectivity index (χ0) is 13.8. The SMILES string of the molecule is CCC(C)(C)N(C)c1nc(CNCC(C)C)co1. The van der Waals surface area contributed by atoms with Gasteiger partial charge < -0.3 is 14.6 Å². The highest BCUT2D eigenvalue weighted by Gasteiger charge is 2.24. The Morgan fingerprint density at radius 3 is 2.67 bits per heavy atom. The summed E-state index contributed by atoms with van der Waals surface area (Å²) in [5.41, 5.74) is 1.03. The van der Waals surface area contributed by atoms with Gasteiger partial charge in [-0.25, -0.2) is 0 Å². The van der Waals surface area contributed by atoms with Gasteiger partial charge in [0, 0.05) is 19.1 Å². The number of hydrogen-bond donors (Lipinski definition) is 1. The molecule has 1 rings (SSSR count). The molecule has 4 nitrogen and oxygen atoms in total. The molecule has 1 aromatic rings. The molecule has 0 aliphatic rings. The maximum atomic E-state index is 5.55. The number of rotatable bonds is 7. The molecule has 18 heavy (non-hydrogen) atoms. The summed E-state index contributed by atoms with van der Waals surface area (Å²) in [5, 5.41) is 3.37. The van der Waals surface area contributed by atoms with Gasteiger partial charge in [0.25, 0.3) is 6.01 Å². The van der Waals surface area contributed by atoms with E-state index in [1.807, 2.05) is 7.05 Å². The van der Waals surface area contributed by atoms with Gasteiger partial charge in [-0.15, -0.1) is 0 Å². The molecule has 0 bridgehead atoms. The summed E-state index contributed by atoms with van der Waals surface area (Å²) in [7, 11) is 2.03. The van der Waals surface area contributed by atoms with Crippen molar-refractivity contribution in [1.82, 2.24) is 10.3 Å². The van der Waals surface area contributed by atoms with Crippen LogP contribution in [0.5, 0.6) is 0 Å². The first kappa shape index (κ1) is 15.0. The van der Waals surface area contributed by atoms with Gasteiger partial charge in [0.05, 0.1) is 5.69 Å². The molecule has 104 valence electrons. The van der Waals surface area contributed by atoms with Gasteiger partial charge in [0.2, 0.25) is 0 Å². The Balaban J connectivity index is 2.57. The lowest BCUT2D eigenvalue weighted by atomic mass is 10.0. The fourth-order valence-electron chi connectivity index (χ4n) is 1.52. The van der Waals surface area contributed by atoms with E-state index in [1.165, 1.54) is 0 Å². The molecular weight excluding hydrogens is 226 g/mol. The van der Waals surface area contributed by atoms with E-state index in [2.05, 4.69) is 49.8 Å². The van der Waals surface area contributed by atoms with Crippen molar-refractivity contribution in [3.8, 4) is 0 Å². The summed E-state index contributed by atoms with van der Waals surface area (Å²) < 4.78 is 5.55. The summed E-state index contributed by atoms with van der Waals surface area (Å²) >= 11 is 0. The smallest absolute Gasteiger partial charge is 0.297 e. The average molecular weight is 253 g/mol. The molecule has 0 atom stereocenters. The molecule has 1 aromatic heterocycles. The topological polar surface area (TPSA) is 41.3 Å². The predicted molar refractivity (Wildman–Crippen MR) is 75.8 cm³/mol. The van der Waals surface area contributed by atoms with Gasteiger partial charge in [-0.05, 0) is 32.7 Å². The van der Waals surface area contributed by atoms with Crippen molar-refractivity contribution < 1.29 is 4.42 Å². The van der Waals surface area contributed by atoms with Crippen LogP contribution in [-0.2, 0) is 6.54 Å². The average Bonchev–Trinajstić information content (AvgIpc) is 2.76. The minimum absolute atomic E-state index is 0.0630. The van der Waals surface area contributed by atoms with Crippen LogP contribution in [0.4, 0.5) is 6.01 Å². The number of nitrogens with one attached hydrogen (secondary N) is 1. The van der Waals surface area contributed by atoms with Crippen molar-refractivity contribution in [1.29, 1.82) is 0 Å². The summed E-state index contributed by atoms with van der Waals surface area (Å²) in [5.74, 6) is 0.651. The van der Waals surface area contributed by atoms with Crippen molar-refractivity contribution in [2.75, 3.05) is 18.5 Å². The Morgan fingerprint density at radius 2 is 2.11 bits per heavy atom. The van der Waals surface area contributed by atoms with Gasteiger partial charge in [0.15, 0.2) is 0 Å². The second-order valence-corrected chi connectivity index (χ2v) is 5.87. The van der Waals surface area contributed by atoms with Crippen LogP contribution < -0.4 is 10.2 Å². The molecule has 0 saturated heterocycles. The van der Waals surface area contributed by atoms with E-state index in [4.69, 9.17) is 4.42 Å². The number of aromatic nitrogens is 1. The Hall–Kier alpha value is -1.03. The Kier molecular flexibility index (Phi) is 5.20. The van der Waals surface area contributed by atoms with Crippen molar-refractivity contribution in [2.24, 2.45) is 5.92 Å². The Morgan fingerprint density at radius 1 is 1.44 bits per heavy atom. The van der Waals surface area contributed by atoms with Crippen molar-refractivity contribution >= 4 is 6.01 Å². The van der Waals surface area contributed by atoms with E-state index >= 15 is 0 Å². The Labute approximate surface area is 111 Å². The highest BCUT2D eigenvalue weighted by atomic mass is 16.4.